The molecule has 6 rings (SSSR count). The number of pyridine rings is 2. The topological polar surface area (TPSA) is 25.8 Å². The molecule has 0 aliphatic heterocycles. The zero-order valence-corrected chi connectivity index (χ0v) is 19.5. The van der Waals surface area contributed by atoms with Crippen LogP contribution >= 0.6 is 0 Å². The van der Waals surface area contributed by atoms with Crippen LogP contribution in [0.1, 0.15) is 5.56 Å². The van der Waals surface area contributed by atoms with E-state index in [1.54, 1.807) is 6.20 Å². The van der Waals surface area contributed by atoms with Gasteiger partial charge >= 0.3 is 0 Å². The third-order valence-corrected chi connectivity index (χ3v) is 6.50. The maximum absolute atomic E-state index is 4.79. The number of aryl methyl sites for hydroxylation is 1. The summed E-state index contributed by atoms with van der Waals surface area (Å²) >= 11 is 0. The molecular weight excluding hydrogens is 424 g/mol. The molecule has 2 nitrogen and oxygen atoms in total. The first kappa shape index (κ1) is 21.0. The summed E-state index contributed by atoms with van der Waals surface area (Å²) in [5.74, 6) is 0. The summed E-state index contributed by atoms with van der Waals surface area (Å²) in [6, 6.07) is 38.8. The molecule has 2 aromatic heterocycles. The first-order valence-electron chi connectivity index (χ1n) is 11.8. The molecule has 35 heavy (non-hydrogen) atoms. The highest BCUT2D eigenvalue weighted by molar-refractivity contribution is 5.88. The minimum absolute atomic E-state index is 1.00. The number of hydrogen-bond donors (Lipinski definition) is 0. The molecular formula is C33H24N2. The van der Waals surface area contributed by atoms with Crippen molar-refractivity contribution in [2.45, 2.75) is 6.92 Å². The first-order valence-corrected chi connectivity index (χ1v) is 11.8. The minimum atomic E-state index is 1.00. The summed E-state index contributed by atoms with van der Waals surface area (Å²) in [5, 5.41) is 1.14. The summed E-state index contributed by atoms with van der Waals surface area (Å²) in [4.78, 5) is 9.00. The van der Waals surface area contributed by atoms with Gasteiger partial charge in [0.2, 0.25) is 0 Å². The van der Waals surface area contributed by atoms with Crippen molar-refractivity contribution in [3.05, 3.63) is 133 Å². The van der Waals surface area contributed by atoms with Crippen molar-refractivity contribution in [3.63, 3.8) is 0 Å². The zero-order valence-electron chi connectivity index (χ0n) is 19.5. The molecule has 0 aliphatic rings. The van der Waals surface area contributed by atoms with Crippen molar-refractivity contribution in [1.82, 2.24) is 9.97 Å². The molecule has 0 N–H and O–H groups in total. The normalized spacial score (nSPS) is 11.0. The van der Waals surface area contributed by atoms with Crippen LogP contribution in [-0.4, -0.2) is 9.97 Å². The second-order valence-electron chi connectivity index (χ2n) is 8.89. The van der Waals surface area contributed by atoms with E-state index in [0.717, 1.165) is 33.2 Å². The maximum atomic E-state index is 4.79. The van der Waals surface area contributed by atoms with E-state index in [1.807, 2.05) is 18.5 Å². The Morgan fingerprint density at radius 2 is 1.00 bits per heavy atom. The second-order valence-corrected chi connectivity index (χ2v) is 8.89. The molecule has 6 aromatic rings. The van der Waals surface area contributed by atoms with Crippen LogP contribution in [0.15, 0.2) is 128 Å². The average Bonchev–Trinajstić information content (AvgIpc) is 2.94. The number of aromatic nitrogens is 2. The van der Waals surface area contributed by atoms with Crippen LogP contribution in [0.5, 0.6) is 0 Å². The van der Waals surface area contributed by atoms with Gasteiger partial charge in [0.05, 0.1) is 5.52 Å². The largest absolute Gasteiger partial charge is 0.264 e. The van der Waals surface area contributed by atoms with E-state index < -0.39 is 0 Å². The predicted octanol–water partition coefficient (Wildman–Crippen LogP) is 8.61. The van der Waals surface area contributed by atoms with E-state index in [2.05, 4.69) is 115 Å². The lowest BCUT2D eigenvalue weighted by Gasteiger charge is -2.08. The van der Waals surface area contributed by atoms with Gasteiger partial charge < -0.3 is 0 Å². The van der Waals surface area contributed by atoms with Gasteiger partial charge in [0.1, 0.15) is 0 Å². The molecule has 0 radical (unpaired) electrons. The lowest BCUT2D eigenvalue weighted by atomic mass is 9.98. The van der Waals surface area contributed by atoms with Crippen molar-refractivity contribution in [2.24, 2.45) is 0 Å². The standard InChI is InChI=1S/C33H24N2/c1-23-4-6-24(7-5-23)25-8-10-26(11-9-25)29-16-17-30-19-32(22-35-33(30)20-29)28-14-12-27(13-15-28)31-3-2-18-34-21-31/h2-22H,1H3. The van der Waals surface area contributed by atoms with Gasteiger partial charge in [-0.05, 0) is 64.1 Å². The van der Waals surface area contributed by atoms with E-state index >= 15 is 0 Å². The molecule has 0 saturated carbocycles. The van der Waals surface area contributed by atoms with Crippen LogP contribution in [0.4, 0.5) is 0 Å². The van der Waals surface area contributed by atoms with Gasteiger partial charge in [-0.3, -0.25) is 9.97 Å². The van der Waals surface area contributed by atoms with Crippen LogP contribution in [0, 0.1) is 6.92 Å². The first-order chi connectivity index (χ1) is 17.2. The quantitative estimate of drug-likeness (QED) is 0.270. The van der Waals surface area contributed by atoms with Crippen LogP contribution < -0.4 is 0 Å². The van der Waals surface area contributed by atoms with Crippen LogP contribution in [0.25, 0.3) is 55.4 Å². The summed E-state index contributed by atoms with van der Waals surface area (Å²) in [7, 11) is 0. The van der Waals surface area contributed by atoms with E-state index in [4.69, 9.17) is 4.98 Å². The molecule has 0 bridgehead atoms. The highest BCUT2D eigenvalue weighted by Crippen LogP contribution is 2.30. The van der Waals surface area contributed by atoms with Gasteiger partial charge in [0, 0.05) is 29.5 Å². The van der Waals surface area contributed by atoms with Gasteiger partial charge in [-0.15, -0.1) is 0 Å². The molecule has 0 aliphatic carbocycles. The Bertz CT molecular complexity index is 1600. The average molecular weight is 449 g/mol. The van der Waals surface area contributed by atoms with E-state index in [-0.39, 0.29) is 0 Å². The molecule has 166 valence electrons. The maximum Gasteiger partial charge on any atom is 0.0708 e. The van der Waals surface area contributed by atoms with E-state index in [1.165, 1.54) is 27.8 Å². The van der Waals surface area contributed by atoms with E-state index in [0.29, 0.717) is 0 Å². The predicted molar refractivity (Wildman–Crippen MR) is 146 cm³/mol. The summed E-state index contributed by atoms with van der Waals surface area (Å²) < 4.78 is 0. The Morgan fingerprint density at radius 1 is 0.457 bits per heavy atom. The highest BCUT2D eigenvalue weighted by Gasteiger charge is 2.06. The van der Waals surface area contributed by atoms with Crippen LogP contribution in [0.2, 0.25) is 0 Å². The van der Waals surface area contributed by atoms with Crippen molar-refractivity contribution in [2.75, 3.05) is 0 Å². The van der Waals surface area contributed by atoms with Gasteiger partial charge in [0.15, 0.2) is 0 Å². The molecule has 4 aromatic carbocycles. The monoisotopic (exact) mass is 448 g/mol. The van der Waals surface area contributed by atoms with Crippen molar-refractivity contribution < 1.29 is 0 Å². The minimum Gasteiger partial charge on any atom is -0.264 e. The third kappa shape index (κ3) is 4.34. The van der Waals surface area contributed by atoms with Crippen LogP contribution in [-0.2, 0) is 0 Å². The molecule has 2 heterocycles. The zero-order chi connectivity index (χ0) is 23.6. The van der Waals surface area contributed by atoms with Crippen molar-refractivity contribution >= 4 is 10.9 Å². The number of benzene rings is 4. The molecule has 0 spiro atoms. The van der Waals surface area contributed by atoms with Gasteiger partial charge in [0.25, 0.3) is 0 Å². The number of hydrogen-bond acceptors (Lipinski definition) is 2. The lowest BCUT2D eigenvalue weighted by molar-refractivity contribution is 1.33. The molecule has 2 heteroatoms. The number of rotatable bonds is 4. The van der Waals surface area contributed by atoms with Crippen LogP contribution in [0.3, 0.4) is 0 Å². The number of nitrogens with zero attached hydrogens (tertiary/aromatic N) is 2. The molecule has 0 unspecified atom stereocenters. The Labute approximate surface area is 205 Å². The van der Waals surface area contributed by atoms with Gasteiger partial charge in [-0.2, -0.15) is 0 Å². The summed E-state index contributed by atoms with van der Waals surface area (Å²) in [5.41, 5.74) is 11.7. The molecule has 0 saturated heterocycles. The SMILES string of the molecule is Cc1ccc(-c2ccc(-c3ccc4cc(-c5ccc(-c6cccnc6)cc5)cnc4c3)cc2)cc1. The Kier molecular flexibility index (Phi) is 5.40. The number of fused-ring (bicyclic) bond motifs is 1. The van der Waals surface area contributed by atoms with Gasteiger partial charge in [-0.1, -0.05) is 96.6 Å². The van der Waals surface area contributed by atoms with Crippen molar-refractivity contribution in [3.8, 4) is 44.5 Å². The smallest absolute Gasteiger partial charge is 0.0708 e. The fourth-order valence-corrected chi connectivity index (χ4v) is 4.45. The molecule has 0 amide bonds. The lowest BCUT2D eigenvalue weighted by Crippen LogP contribution is -1.86. The second kappa shape index (κ2) is 9.00. The Balaban J connectivity index is 1.26. The Morgan fingerprint density at radius 3 is 1.63 bits per heavy atom. The third-order valence-electron chi connectivity index (χ3n) is 6.50. The fraction of sp³-hybridized carbons (Fsp3) is 0.0303. The summed E-state index contributed by atoms with van der Waals surface area (Å²) in [6.45, 7) is 2.11. The summed E-state index contributed by atoms with van der Waals surface area (Å²) in [6.07, 6.45) is 5.65. The molecule has 0 fully saturated rings. The van der Waals surface area contributed by atoms with Gasteiger partial charge in [-0.25, -0.2) is 0 Å². The van der Waals surface area contributed by atoms with E-state index in [9.17, 15) is 0 Å². The highest BCUT2D eigenvalue weighted by atomic mass is 14.6. The Hall–Kier alpha value is -4.56. The molecule has 0 atom stereocenters. The fourth-order valence-electron chi connectivity index (χ4n) is 4.45. The van der Waals surface area contributed by atoms with Crippen molar-refractivity contribution in [1.29, 1.82) is 0 Å².